The predicted molar refractivity (Wildman–Crippen MR) is 199 cm³/mol. The zero-order valence-corrected chi connectivity index (χ0v) is 33.0. The molecule has 1 aromatic carbocycles. The van der Waals surface area contributed by atoms with E-state index in [2.05, 4.69) is 15.6 Å². The SMILES string of the molecule is CCCCCCN(Cc1cn(CCOCCN2C(C(=O)O)=C3CNCC(C(=O)CC(N)Cc4cc(F)c(F)cc4F)N3C2C(F)(F)F)nn1)CC(O)C(O)C(O)C(O)CO. The molecule has 2 aromatic rings. The second-order valence-electron chi connectivity index (χ2n) is 14.9. The predicted octanol–water partition coefficient (Wildman–Crippen LogP) is -0.167. The smallest absolute Gasteiger partial charge is 0.427 e. The number of aromatic nitrogens is 3. The summed E-state index contributed by atoms with van der Waals surface area (Å²) in [6.07, 6.45) is -10.2. The van der Waals surface area contributed by atoms with Gasteiger partial charge in [0.1, 0.15) is 35.9 Å². The number of nitrogens with one attached hydrogen (secondary N) is 1. The zero-order valence-electron chi connectivity index (χ0n) is 33.0. The number of aliphatic hydroxyl groups is 5. The van der Waals surface area contributed by atoms with E-state index in [1.807, 2.05) is 6.92 Å². The Morgan fingerprint density at radius 1 is 1.02 bits per heavy atom. The maximum absolute atomic E-state index is 14.8. The number of ketones is 1. The Hall–Kier alpha value is -3.94. The minimum Gasteiger partial charge on any atom is -0.477 e. The molecule has 2 aliphatic heterocycles. The number of benzene rings is 1. The van der Waals surface area contributed by atoms with Gasteiger partial charge in [0.25, 0.3) is 0 Å². The van der Waals surface area contributed by atoms with Crippen LogP contribution in [-0.4, -0.2) is 173 Å². The maximum atomic E-state index is 14.8. The highest BCUT2D eigenvalue weighted by molar-refractivity contribution is 5.89. The number of aliphatic carboxylic acids is 1. The average molecular weight is 869 g/mol. The standard InChI is InChI=1S/C37H54F6N8O9/c1-2-3-4-5-6-48(19-30(54)33(56)34(57)31(55)20-52)17-23-18-49(47-46-23)7-9-60-10-8-50-32(35(58)59)28-16-45-15-27(51(28)36(50)37(41,42)43)29(53)13-22(44)11-21-12-25(39)26(40)14-24(21)38/h12,14,18,22,27,30-31,33-34,36,45,52,54-57H,2-11,13,15-17,19-20,44H2,1H3,(H,58,59). The van der Waals surface area contributed by atoms with Crippen LogP contribution in [0, 0.1) is 17.5 Å². The quantitative estimate of drug-likeness (QED) is 0.0367. The molecule has 17 nitrogen and oxygen atoms in total. The summed E-state index contributed by atoms with van der Waals surface area (Å²) in [5.74, 6) is -6.38. The van der Waals surface area contributed by atoms with Crippen LogP contribution in [0.5, 0.6) is 0 Å². The number of halogens is 6. The van der Waals surface area contributed by atoms with E-state index in [0.29, 0.717) is 34.2 Å². The maximum Gasteiger partial charge on any atom is 0.427 e. The van der Waals surface area contributed by atoms with Gasteiger partial charge >= 0.3 is 12.1 Å². The van der Waals surface area contributed by atoms with Crippen molar-refractivity contribution >= 4 is 11.8 Å². The van der Waals surface area contributed by atoms with Gasteiger partial charge in [-0.1, -0.05) is 31.4 Å². The van der Waals surface area contributed by atoms with Gasteiger partial charge in [0, 0.05) is 57.4 Å². The second kappa shape index (κ2) is 22.2. The number of hydrogen-bond acceptors (Lipinski definition) is 15. The van der Waals surface area contributed by atoms with E-state index in [1.54, 1.807) is 11.1 Å². The van der Waals surface area contributed by atoms with E-state index < -0.39 is 110 Å². The summed E-state index contributed by atoms with van der Waals surface area (Å²) < 4.78 is 92.8. The van der Waals surface area contributed by atoms with E-state index in [1.165, 1.54) is 4.68 Å². The van der Waals surface area contributed by atoms with Crippen LogP contribution >= 0.6 is 0 Å². The van der Waals surface area contributed by atoms with Crippen molar-refractivity contribution in [2.24, 2.45) is 5.73 Å². The fourth-order valence-corrected chi connectivity index (χ4v) is 7.33. The summed E-state index contributed by atoms with van der Waals surface area (Å²) in [5, 5.41) is 70.7. The lowest BCUT2D eigenvalue weighted by Crippen LogP contribution is -2.61. The molecule has 0 radical (unpaired) electrons. The average Bonchev–Trinajstić information content (AvgIpc) is 3.79. The number of unbranched alkanes of at least 4 members (excludes halogenated alkanes) is 3. The summed E-state index contributed by atoms with van der Waals surface area (Å²) in [4.78, 5) is 29.0. The van der Waals surface area contributed by atoms with E-state index in [4.69, 9.17) is 15.6 Å². The third kappa shape index (κ3) is 12.8. The number of carbonyl (C=O) groups is 2. The number of carboxylic acids is 1. The Labute approximate surface area is 342 Å². The van der Waals surface area contributed by atoms with Crippen molar-refractivity contribution < 1.29 is 71.3 Å². The molecule has 60 heavy (non-hydrogen) atoms. The molecule has 0 bridgehead atoms. The van der Waals surface area contributed by atoms with Gasteiger partial charge in [0.2, 0.25) is 6.17 Å². The number of rotatable bonds is 25. The molecule has 0 amide bonds. The first kappa shape index (κ1) is 48.7. The Kier molecular flexibility index (Phi) is 18.1. The van der Waals surface area contributed by atoms with Crippen molar-refractivity contribution in [2.45, 2.75) is 107 Å². The highest BCUT2D eigenvalue weighted by Gasteiger charge is 2.58. The van der Waals surface area contributed by atoms with Gasteiger partial charge in [-0.05, 0) is 31.0 Å². The third-order valence-corrected chi connectivity index (χ3v) is 10.3. The molecule has 0 spiro atoms. The van der Waals surface area contributed by atoms with Crippen LogP contribution in [0.25, 0.3) is 0 Å². The minimum atomic E-state index is -5.06. The van der Waals surface area contributed by atoms with Gasteiger partial charge in [-0.3, -0.25) is 9.69 Å². The van der Waals surface area contributed by atoms with Crippen LogP contribution in [0.1, 0.15) is 50.3 Å². The van der Waals surface area contributed by atoms with Gasteiger partial charge in [-0.15, -0.1) is 5.10 Å². The van der Waals surface area contributed by atoms with Crippen LogP contribution in [0.15, 0.2) is 29.7 Å². The van der Waals surface area contributed by atoms with Crippen molar-refractivity contribution in [2.75, 3.05) is 52.5 Å². The molecule has 0 saturated carbocycles. The van der Waals surface area contributed by atoms with Crippen LogP contribution in [-0.2, 0) is 33.8 Å². The summed E-state index contributed by atoms with van der Waals surface area (Å²) >= 11 is 0. The fraction of sp³-hybridized carbons (Fsp3) is 0.676. The number of nitrogens with zero attached hydrogens (tertiary/aromatic N) is 6. The minimum absolute atomic E-state index is 0.0775. The van der Waals surface area contributed by atoms with E-state index in [0.717, 1.165) is 25.7 Å². The Morgan fingerprint density at radius 2 is 1.70 bits per heavy atom. The van der Waals surface area contributed by atoms with Gasteiger partial charge < -0.3 is 56.2 Å². The van der Waals surface area contributed by atoms with Crippen molar-refractivity contribution in [1.29, 1.82) is 0 Å². The number of alkyl halides is 3. The lowest BCUT2D eigenvalue weighted by molar-refractivity contribution is -0.214. The van der Waals surface area contributed by atoms with Gasteiger partial charge in [0.05, 0.1) is 43.9 Å². The van der Waals surface area contributed by atoms with Crippen molar-refractivity contribution in [3.8, 4) is 0 Å². The number of nitrogens with two attached hydrogens (primary N) is 1. The highest BCUT2D eigenvalue weighted by Crippen LogP contribution is 2.41. The molecule has 4 rings (SSSR count). The molecule has 2 aliphatic rings. The molecule has 1 aromatic heterocycles. The van der Waals surface area contributed by atoms with Gasteiger partial charge in [-0.2, -0.15) is 13.2 Å². The molecule has 7 atom stereocenters. The molecular weight excluding hydrogens is 814 g/mol. The van der Waals surface area contributed by atoms with Gasteiger partial charge in [0.15, 0.2) is 17.4 Å². The molecular formula is C37H54F6N8O9. The molecule has 1 saturated heterocycles. The molecule has 1 fully saturated rings. The normalized spacial score (nSPS) is 19.8. The number of hydrogen-bond donors (Lipinski definition) is 8. The molecule has 9 N–H and O–H groups in total. The number of fused-ring (bicyclic) bond motifs is 1. The Morgan fingerprint density at radius 3 is 2.37 bits per heavy atom. The number of carboxylic acid groups (broad SMARTS) is 1. The number of carbonyl (C=O) groups excluding carboxylic acids is 1. The van der Waals surface area contributed by atoms with E-state index >= 15 is 0 Å². The third-order valence-electron chi connectivity index (χ3n) is 10.3. The van der Waals surface area contributed by atoms with Crippen LogP contribution < -0.4 is 11.1 Å². The molecule has 7 unspecified atom stereocenters. The van der Waals surface area contributed by atoms with E-state index in [9.17, 15) is 61.5 Å². The summed E-state index contributed by atoms with van der Waals surface area (Å²) in [6, 6.07) is -1.83. The van der Waals surface area contributed by atoms with Crippen molar-refractivity contribution in [3.05, 3.63) is 58.4 Å². The monoisotopic (exact) mass is 868 g/mol. The number of Topliss-reactive ketones (excluding diaryl/α,β-unsaturated/α-hetero) is 1. The Balaban J connectivity index is 1.37. The summed E-state index contributed by atoms with van der Waals surface area (Å²) in [6.45, 7) is 0.266. The lowest BCUT2D eigenvalue weighted by Gasteiger charge is -2.42. The van der Waals surface area contributed by atoms with Crippen LogP contribution in [0.4, 0.5) is 26.3 Å². The van der Waals surface area contributed by atoms with E-state index in [-0.39, 0.29) is 57.2 Å². The molecule has 23 heteroatoms. The molecule has 3 heterocycles. The van der Waals surface area contributed by atoms with Crippen LogP contribution in [0.3, 0.4) is 0 Å². The molecule has 338 valence electrons. The Bertz CT molecular complexity index is 1760. The summed E-state index contributed by atoms with van der Waals surface area (Å²) in [7, 11) is 0. The topological polar surface area (TPSA) is 243 Å². The first-order valence-corrected chi connectivity index (χ1v) is 19.6. The molecule has 0 aliphatic carbocycles. The first-order valence-electron chi connectivity index (χ1n) is 19.6. The van der Waals surface area contributed by atoms with Crippen LogP contribution in [0.2, 0.25) is 0 Å². The fourth-order valence-electron chi connectivity index (χ4n) is 7.33. The van der Waals surface area contributed by atoms with Crippen molar-refractivity contribution in [3.63, 3.8) is 0 Å². The number of piperazine rings is 1. The van der Waals surface area contributed by atoms with Gasteiger partial charge in [-0.25, -0.2) is 22.6 Å². The summed E-state index contributed by atoms with van der Waals surface area (Å²) in [5.41, 5.74) is 5.17. The van der Waals surface area contributed by atoms with Crippen molar-refractivity contribution in [1.82, 2.24) is 35.0 Å². The first-order chi connectivity index (χ1) is 28.4. The zero-order chi connectivity index (χ0) is 44.3. The highest BCUT2D eigenvalue weighted by atomic mass is 19.4. The number of ether oxygens (including phenoxy) is 1. The largest absolute Gasteiger partial charge is 0.477 e. The lowest BCUT2D eigenvalue weighted by atomic mass is 9.96. The number of aliphatic hydroxyl groups excluding tert-OH is 5. The second-order valence-corrected chi connectivity index (χ2v) is 14.9.